The monoisotopic (exact) mass is 271 g/mol. The summed E-state index contributed by atoms with van der Waals surface area (Å²) in [5.41, 5.74) is 0. The number of carboxylic acids is 1. The Morgan fingerprint density at radius 3 is 2.47 bits per heavy atom. The van der Waals surface area contributed by atoms with E-state index in [2.05, 4.69) is 0 Å². The largest absolute Gasteiger partial charge is 0.481 e. The molecule has 19 heavy (non-hydrogen) atoms. The summed E-state index contributed by atoms with van der Waals surface area (Å²) in [6.07, 6.45) is 0.556. The lowest BCUT2D eigenvalue weighted by atomic mass is 10.1. The number of rotatable bonds is 5. The van der Waals surface area contributed by atoms with Gasteiger partial charge in [-0.15, -0.1) is 0 Å². The molecule has 1 saturated heterocycles. The zero-order chi connectivity index (χ0) is 14.6. The second kappa shape index (κ2) is 6.75. The van der Waals surface area contributed by atoms with Gasteiger partial charge in [-0.2, -0.15) is 0 Å². The second-order valence-corrected chi connectivity index (χ2v) is 5.45. The van der Waals surface area contributed by atoms with Gasteiger partial charge in [0.05, 0.1) is 5.92 Å². The van der Waals surface area contributed by atoms with Gasteiger partial charge in [0.25, 0.3) is 0 Å². The number of carboxylic acid groups (broad SMARTS) is 1. The van der Waals surface area contributed by atoms with Crippen molar-refractivity contribution in [3.8, 4) is 0 Å². The molecule has 1 aliphatic rings. The van der Waals surface area contributed by atoms with Gasteiger partial charge in [0.1, 0.15) is 0 Å². The van der Waals surface area contributed by atoms with Crippen molar-refractivity contribution in [1.82, 2.24) is 14.7 Å². The Bertz CT molecular complexity index is 333. The number of likely N-dealkylation sites (tertiary alicyclic amines) is 1. The fourth-order valence-corrected chi connectivity index (χ4v) is 2.58. The molecule has 1 heterocycles. The zero-order valence-electron chi connectivity index (χ0n) is 12.3. The SMILES string of the molecule is CCN(C(=O)N1CCC(C(=O)O)C1)C(C)CN(C)C. The van der Waals surface area contributed by atoms with Crippen LogP contribution < -0.4 is 0 Å². The molecule has 110 valence electrons. The van der Waals surface area contributed by atoms with Gasteiger partial charge >= 0.3 is 12.0 Å². The molecule has 0 aromatic carbocycles. The quantitative estimate of drug-likeness (QED) is 0.803. The number of hydrogen-bond donors (Lipinski definition) is 1. The van der Waals surface area contributed by atoms with Crippen LogP contribution in [0.1, 0.15) is 20.3 Å². The molecular weight excluding hydrogens is 246 g/mol. The summed E-state index contributed by atoms with van der Waals surface area (Å²) in [5, 5.41) is 8.98. The van der Waals surface area contributed by atoms with Gasteiger partial charge in [-0.25, -0.2) is 4.79 Å². The van der Waals surface area contributed by atoms with E-state index in [1.54, 1.807) is 4.90 Å². The smallest absolute Gasteiger partial charge is 0.320 e. The van der Waals surface area contributed by atoms with Crippen molar-refractivity contribution in [2.24, 2.45) is 5.92 Å². The predicted octanol–water partition coefficient (Wildman–Crippen LogP) is 0.785. The van der Waals surface area contributed by atoms with Crippen LogP contribution in [0.3, 0.4) is 0 Å². The number of nitrogens with zero attached hydrogens (tertiary/aromatic N) is 3. The topological polar surface area (TPSA) is 64.1 Å². The Morgan fingerprint density at radius 2 is 2.05 bits per heavy atom. The van der Waals surface area contributed by atoms with Crippen molar-refractivity contribution in [1.29, 1.82) is 0 Å². The summed E-state index contributed by atoms with van der Waals surface area (Å²) >= 11 is 0. The van der Waals surface area contributed by atoms with Gasteiger partial charge in [-0.05, 0) is 34.4 Å². The first-order chi connectivity index (χ1) is 8.86. The molecular formula is C13H25N3O3. The van der Waals surface area contributed by atoms with E-state index < -0.39 is 11.9 Å². The van der Waals surface area contributed by atoms with Gasteiger partial charge in [0, 0.05) is 32.2 Å². The van der Waals surface area contributed by atoms with Crippen LogP contribution in [-0.4, -0.2) is 78.1 Å². The third-order valence-electron chi connectivity index (χ3n) is 3.56. The molecule has 0 aromatic rings. The number of urea groups is 1. The molecule has 1 rings (SSSR count). The standard InChI is InChI=1S/C13H25N3O3/c1-5-16(10(2)8-14(3)4)13(19)15-7-6-11(9-15)12(17)18/h10-11H,5-9H2,1-4H3,(H,17,18). The summed E-state index contributed by atoms with van der Waals surface area (Å²) in [4.78, 5) is 28.9. The first kappa shape index (κ1) is 15.8. The molecule has 0 bridgehead atoms. The van der Waals surface area contributed by atoms with Gasteiger partial charge in [0.2, 0.25) is 0 Å². The lowest BCUT2D eigenvalue weighted by molar-refractivity contribution is -0.141. The van der Waals surface area contributed by atoms with Crippen LogP contribution in [0.4, 0.5) is 4.79 Å². The van der Waals surface area contributed by atoms with E-state index in [0.717, 1.165) is 6.54 Å². The highest BCUT2D eigenvalue weighted by molar-refractivity contribution is 5.77. The molecule has 2 atom stereocenters. The average molecular weight is 271 g/mol. The highest BCUT2D eigenvalue weighted by Crippen LogP contribution is 2.18. The molecule has 0 aromatic heterocycles. The van der Waals surface area contributed by atoms with E-state index in [0.29, 0.717) is 26.1 Å². The van der Waals surface area contributed by atoms with Crippen LogP contribution >= 0.6 is 0 Å². The van der Waals surface area contributed by atoms with Gasteiger partial charge in [-0.3, -0.25) is 4.79 Å². The maximum atomic E-state index is 12.4. The number of carbonyl (C=O) groups is 2. The van der Waals surface area contributed by atoms with Crippen molar-refractivity contribution in [3.63, 3.8) is 0 Å². The molecule has 0 saturated carbocycles. The van der Waals surface area contributed by atoms with Crippen molar-refractivity contribution in [2.75, 3.05) is 40.3 Å². The van der Waals surface area contributed by atoms with E-state index in [-0.39, 0.29) is 12.1 Å². The molecule has 6 nitrogen and oxygen atoms in total. The van der Waals surface area contributed by atoms with Gasteiger partial charge in [-0.1, -0.05) is 0 Å². The Labute approximate surface area is 115 Å². The first-order valence-corrected chi connectivity index (χ1v) is 6.79. The summed E-state index contributed by atoms with van der Waals surface area (Å²) in [6, 6.07) is 0.0805. The molecule has 1 aliphatic heterocycles. The normalized spacial score (nSPS) is 20.7. The number of amides is 2. The minimum atomic E-state index is -0.806. The Kier molecular flexibility index (Phi) is 5.60. The second-order valence-electron chi connectivity index (χ2n) is 5.45. The Hall–Kier alpha value is -1.30. The third kappa shape index (κ3) is 4.09. The number of aliphatic carboxylic acids is 1. The maximum Gasteiger partial charge on any atom is 0.320 e. The first-order valence-electron chi connectivity index (χ1n) is 6.79. The lowest BCUT2D eigenvalue weighted by Crippen LogP contribution is -2.49. The third-order valence-corrected chi connectivity index (χ3v) is 3.56. The minimum Gasteiger partial charge on any atom is -0.481 e. The van der Waals surface area contributed by atoms with Crippen LogP contribution in [-0.2, 0) is 4.79 Å². The number of carbonyl (C=O) groups excluding carboxylic acids is 1. The molecule has 2 unspecified atom stereocenters. The molecule has 2 amide bonds. The molecule has 1 N–H and O–H groups in total. The molecule has 0 radical (unpaired) electrons. The molecule has 1 fully saturated rings. The van der Waals surface area contributed by atoms with Crippen molar-refractivity contribution in [3.05, 3.63) is 0 Å². The fraction of sp³-hybridized carbons (Fsp3) is 0.846. The summed E-state index contributed by atoms with van der Waals surface area (Å²) in [5.74, 6) is -1.22. The highest BCUT2D eigenvalue weighted by Gasteiger charge is 2.33. The Morgan fingerprint density at radius 1 is 1.42 bits per heavy atom. The molecule has 0 aliphatic carbocycles. The number of likely N-dealkylation sites (N-methyl/N-ethyl adjacent to an activating group) is 2. The van der Waals surface area contributed by atoms with Crippen LogP contribution in [0.5, 0.6) is 0 Å². The van der Waals surface area contributed by atoms with Crippen molar-refractivity contribution >= 4 is 12.0 Å². The minimum absolute atomic E-state index is 0.0411. The van der Waals surface area contributed by atoms with Crippen LogP contribution in [0.2, 0.25) is 0 Å². The molecule has 6 heteroatoms. The van der Waals surface area contributed by atoms with Crippen LogP contribution in [0, 0.1) is 5.92 Å². The molecule has 0 spiro atoms. The van der Waals surface area contributed by atoms with E-state index in [1.165, 1.54) is 0 Å². The zero-order valence-corrected chi connectivity index (χ0v) is 12.3. The predicted molar refractivity (Wildman–Crippen MR) is 73.1 cm³/mol. The summed E-state index contributed by atoms with van der Waals surface area (Å²) in [6.45, 7) is 6.29. The maximum absolute atomic E-state index is 12.4. The van der Waals surface area contributed by atoms with E-state index in [9.17, 15) is 9.59 Å². The number of hydrogen-bond acceptors (Lipinski definition) is 3. The highest BCUT2D eigenvalue weighted by atomic mass is 16.4. The van der Waals surface area contributed by atoms with Crippen molar-refractivity contribution in [2.45, 2.75) is 26.3 Å². The van der Waals surface area contributed by atoms with Gasteiger partial charge in [0.15, 0.2) is 0 Å². The van der Waals surface area contributed by atoms with Crippen molar-refractivity contribution < 1.29 is 14.7 Å². The van der Waals surface area contributed by atoms with E-state index in [4.69, 9.17) is 5.11 Å². The average Bonchev–Trinajstić information content (AvgIpc) is 2.77. The summed E-state index contributed by atoms with van der Waals surface area (Å²) in [7, 11) is 3.95. The van der Waals surface area contributed by atoms with Crippen LogP contribution in [0.25, 0.3) is 0 Å². The summed E-state index contributed by atoms with van der Waals surface area (Å²) < 4.78 is 0. The van der Waals surface area contributed by atoms with Gasteiger partial charge < -0.3 is 19.8 Å². The van der Waals surface area contributed by atoms with Crippen LogP contribution in [0.15, 0.2) is 0 Å². The van der Waals surface area contributed by atoms with E-state index >= 15 is 0 Å². The Balaban J connectivity index is 2.62. The lowest BCUT2D eigenvalue weighted by Gasteiger charge is -2.33. The fourth-order valence-electron chi connectivity index (χ4n) is 2.58. The van der Waals surface area contributed by atoms with E-state index in [1.807, 2.05) is 37.7 Å².